The smallest absolute Gasteiger partial charge is 0.256 e. The molecule has 1 rings (SSSR count). The summed E-state index contributed by atoms with van der Waals surface area (Å²) in [6.07, 6.45) is 1.99. The summed E-state index contributed by atoms with van der Waals surface area (Å²) in [7, 11) is 0. The fraction of sp³-hybridized carbons (Fsp3) is 0.533. The molecule has 0 unspecified atom stereocenters. The van der Waals surface area contributed by atoms with Crippen LogP contribution in [0.25, 0.3) is 0 Å². The number of benzene rings is 1. The highest BCUT2D eigenvalue weighted by molar-refractivity contribution is 5.99. The maximum absolute atomic E-state index is 12.5. The third-order valence-electron chi connectivity index (χ3n) is 2.96. The van der Waals surface area contributed by atoms with Crippen LogP contribution in [0.4, 0.5) is 5.69 Å². The van der Waals surface area contributed by atoms with Gasteiger partial charge in [0.1, 0.15) is 0 Å². The van der Waals surface area contributed by atoms with E-state index in [-0.39, 0.29) is 12.5 Å². The van der Waals surface area contributed by atoms with E-state index < -0.39 is 0 Å². The van der Waals surface area contributed by atoms with Gasteiger partial charge in [0.15, 0.2) is 0 Å². The Labute approximate surface area is 115 Å². The maximum atomic E-state index is 12.5. The van der Waals surface area contributed by atoms with Crippen LogP contribution in [-0.2, 0) is 0 Å². The zero-order valence-electron chi connectivity index (χ0n) is 11.9. The van der Waals surface area contributed by atoms with Gasteiger partial charge in [0, 0.05) is 25.3 Å². The number of carbonyl (C=O) groups excluding carboxylic acids is 1. The third kappa shape index (κ3) is 4.56. The van der Waals surface area contributed by atoms with Crippen molar-refractivity contribution in [3.8, 4) is 0 Å². The Hall–Kier alpha value is -1.55. The van der Waals surface area contributed by atoms with Gasteiger partial charge < -0.3 is 15.3 Å². The molecule has 0 aliphatic carbocycles. The molecule has 4 heteroatoms. The fourth-order valence-corrected chi connectivity index (χ4v) is 1.97. The number of hydrogen-bond acceptors (Lipinski definition) is 3. The van der Waals surface area contributed by atoms with Crippen molar-refractivity contribution in [2.24, 2.45) is 0 Å². The van der Waals surface area contributed by atoms with Crippen LogP contribution in [0.3, 0.4) is 0 Å². The molecule has 1 aromatic rings. The molecular formula is C15H24N2O2. The van der Waals surface area contributed by atoms with Crippen LogP contribution in [-0.4, -0.2) is 42.2 Å². The van der Waals surface area contributed by atoms with Gasteiger partial charge in [0.05, 0.1) is 12.2 Å². The van der Waals surface area contributed by atoms with Crippen LogP contribution in [0.2, 0.25) is 0 Å². The van der Waals surface area contributed by atoms with E-state index in [1.807, 2.05) is 31.2 Å². The van der Waals surface area contributed by atoms with Crippen molar-refractivity contribution in [3.05, 3.63) is 29.8 Å². The number of rotatable bonds is 8. The molecule has 4 nitrogen and oxygen atoms in total. The Bertz CT molecular complexity index is 393. The van der Waals surface area contributed by atoms with Crippen LogP contribution >= 0.6 is 0 Å². The minimum atomic E-state index is -0.0148. The van der Waals surface area contributed by atoms with Gasteiger partial charge in [-0.1, -0.05) is 25.5 Å². The lowest BCUT2D eigenvalue weighted by atomic mass is 10.1. The fourth-order valence-electron chi connectivity index (χ4n) is 1.97. The maximum Gasteiger partial charge on any atom is 0.256 e. The van der Waals surface area contributed by atoms with E-state index >= 15 is 0 Å². The van der Waals surface area contributed by atoms with Gasteiger partial charge in [-0.2, -0.15) is 0 Å². The number of para-hydroxylation sites is 1. The summed E-state index contributed by atoms with van der Waals surface area (Å²) in [4.78, 5) is 14.2. The van der Waals surface area contributed by atoms with Crippen molar-refractivity contribution in [1.82, 2.24) is 4.90 Å². The van der Waals surface area contributed by atoms with Gasteiger partial charge in [-0.15, -0.1) is 0 Å². The highest BCUT2D eigenvalue weighted by atomic mass is 16.3. The Morgan fingerprint density at radius 3 is 2.63 bits per heavy atom. The van der Waals surface area contributed by atoms with E-state index in [1.165, 1.54) is 0 Å². The predicted octanol–water partition coefficient (Wildman–Crippen LogP) is 2.35. The van der Waals surface area contributed by atoms with Crippen LogP contribution in [0.1, 0.15) is 37.0 Å². The van der Waals surface area contributed by atoms with E-state index in [0.717, 1.165) is 25.1 Å². The summed E-state index contributed by atoms with van der Waals surface area (Å²) in [6.45, 7) is 5.95. The van der Waals surface area contributed by atoms with Crippen molar-refractivity contribution in [2.75, 3.05) is 31.6 Å². The van der Waals surface area contributed by atoms with Crippen molar-refractivity contribution >= 4 is 11.6 Å². The summed E-state index contributed by atoms with van der Waals surface area (Å²) in [5, 5.41) is 12.3. The quantitative estimate of drug-likeness (QED) is 0.758. The first-order valence-corrected chi connectivity index (χ1v) is 6.97. The summed E-state index contributed by atoms with van der Waals surface area (Å²) in [5.74, 6) is -0.0148. The van der Waals surface area contributed by atoms with E-state index in [9.17, 15) is 4.79 Å². The van der Waals surface area contributed by atoms with Crippen LogP contribution in [0, 0.1) is 0 Å². The van der Waals surface area contributed by atoms with Gasteiger partial charge in [0.25, 0.3) is 5.91 Å². The molecule has 0 aromatic heterocycles. The topological polar surface area (TPSA) is 52.6 Å². The summed E-state index contributed by atoms with van der Waals surface area (Å²) in [5.41, 5.74) is 1.53. The number of hydrogen-bond donors (Lipinski definition) is 2. The lowest BCUT2D eigenvalue weighted by Crippen LogP contribution is -2.34. The second kappa shape index (κ2) is 8.53. The number of unbranched alkanes of at least 4 members (excludes halogenated alkanes) is 1. The van der Waals surface area contributed by atoms with Gasteiger partial charge in [0.2, 0.25) is 0 Å². The third-order valence-corrected chi connectivity index (χ3v) is 2.96. The normalized spacial score (nSPS) is 10.3. The van der Waals surface area contributed by atoms with Crippen molar-refractivity contribution in [3.63, 3.8) is 0 Å². The van der Waals surface area contributed by atoms with Gasteiger partial charge in [-0.25, -0.2) is 0 Å². The molecule has 2 N–H and O–H groups in total. The van der Waals surface area contributed by atoms with Crippen molar-refractivity contribution in [1.29, 1.82) is 0 Å². The number of aliphatic hydroxyl groups excluding tert-OH is 1. The molecule has 0 atom stereocenters. The average molecular weight is 264 g/mol. The highest BCUT2D eigenvalue weighted by Crippen LogP contribution is 2.17. The minimum absolute atomic E-state index is 0.00116. The zero-order chi connectivity index (χ0) is 14.1. The summed E-state index contributed by atoms with van der Waals surface area (Å²) >= 11 is 0. The zero-order valence-corrected chi connectivity index (χ0v) is 11.9. The first-order valence-electron chi connectivity index (χ1n) is 6.97. The Kier molecular flexibility index (Phi) is 6.97. The SMILES string of the molecule is CCCCN(CCO)C(=O)c1ccccc1NCC. The Morgan fingerprint density at radius 2 is 2.00 bits per heavy atom. The van der Waals surface area contributed by atoms with Crippen LogP contribution in [0.5, 0.6) is 0 Å². The minimum Gasteiger partial charge on any atom is -0.395 e. The molecule has 106 valence electrons. The van der Waals surface area contributed by atoms with Crippen molar-refractivity contribution < 1.29 is 9.90 Å². The molecule has 0 bridgehead atoms. The number of anilines is 1. The lowest BCUT2D eigenvalue weighted by molar-refractivity contribution is 0.0720. The molecule has 0 spiro atoms. The van der Waals surface area contributed by atoms with E-state index in [2.05, 4.69) is 12.2 Å². The Morgan fingerprint density at radius 1 is 1.26 bits per heavy atom. The standard InChI is InChI=1S/C15H24N2O2/c1-3-5-10-17(11-12-18)15(19)13-8-6-7-9-14(13)16-4-2/h6-9,16,18H,3-5,10-12H2,1-2H3. The molecule has 1 aromatic carbocycles. The predicted molar refractivity (Wildman–Crippen MR) is 78.5 cm³/mol. The second-order valence-corrected chi connectivity index (χ2v) is 4.45. The number of nitrogens with one attached hydrogen (secondary N) is 1. The summed E-state index contributed by atoms with van der Waals surface area (Å²) in [6, 6.07) is 7.52. The van der Waals surface area contributed by atoms with E-state index in [4.69, 9.17) is 5.11 Å². The van der Waals surface area contributed by atoms with E-state index in [1.54, 1.807) is 4.90 Å². The molecule has 19 heavy (non-hydrogen) atoms. The first-order chi connectivity index (χ1) is 9.24. The molecule has 0 heterocycles. The molecule has 0 aliphatic rings. The van der Waals surface area contributed by atoms with Gasteiger partial charge >= 0.3 is 0 Å². The second-order valence-electron chi connectivity index (χ2n) is 4.45. The van der Waals surface area contributed by atoms with Crippen LogP contribution < -0.4 is 5.32 Å². The number of aliphatic hydroxyl groups is 1. The first kappa shape index (κ1) is 15.5. The monoisotopic (exact) mass is 264 g/mol. The average Bonchev–Trinajstić information content (AvgIpc) is 2.44. The number of amides is 1. The lowest BCUT2D eigenvalue weighted by Gasteiger charge is -2.23. The summed E-state index contributed by atoms with van der Waals surface area (Å²) < 4.78 is 0. The van der Waals surface area contributed by atoms with Crippen molar-refractivity contribution in [2.45, 2.75) is 26.7 Å². The van der Waals surface area contributed by atoms with Gasteiger partial charge in [-0.3, -0.25) is 4.79 Å². The van der Waals surface area contributed by atoms with Gasteiger partial charge in [-0.05, 0) is 25.5 Å². The molecular weight excluding hydrogens is 240 g/mol. The van der Waals surface area contributed by atoms with E-state index in [0.29, 0.717) is 18.7 Å². The molecule has 0 saturated heterocycles. The molecule has 0 fully saturated rings. The molecule has 1 amide bonds. The molecule has 0 saturated carbocycles. The highest BCUT2D eigenvalue weighted by Gasteiger charge is 2.17. The molecule has 0 radical (unpaired) electrons. The Balaban J connectivity index is 2.88. The van der Waals surface area contributed by atoms with Crippen LogP contribution in [0.15, 0.2) is 24.3 Å². The number of nitrogens with zero attached hydrogens (tertiary/aromatic N) is 1. The largest absolute Gasteiger partial charge is 0.395 e. The molecule has 0 aliphatic heterocycles. The number of carbonyl (C=O) groups is 1.